The zero-order valence-electron chi connectivity index (χ0n) is 18.9. The van der Waals surface area contributed by atoms with E-state index >= 15 is 0 Å². The van der Waals surface area contributed by atoms with Gasteiger partial charge in [-0.15, -0.1) is 0 Å². The number of aliphatic carboxylic acids is 2. The highest BCUT2D eigenvalue weighted by molar-refractivity contribution is 5.82. The van der Waals surface area contributed by atoms with Gasteiger partial charge in [0, 0.05) is 17.6 Å². The van der Waals surface area contributed by atoms with Crippen LogP contribution < -0.4 is 0 Å². The summed E-state index contributed by atoms with van der Waals surface area (Å²) in [4.78, 5) is 24.1. The number of carboxylic acid groups (broad SMARTS) is 2. The highest BCUT2D eigenvalue weighted by Gasteiger charge is 2.51. The van der Waals surface area contributed by atoms with Crippen molar-refractivity contribution >= 4 is 11.9 Å². The van der Waals surface area contributed by atoms with Gasteiger partial charge in [0.1, 0.15) is 0 Å². The third kappa shape index (κ3) is 5.01. The Morgan fingerprint density at radius 1 is 0.903 bits per heavy atom. The van der Waals surface area contributed by atoms with Gasteiger partial charge in [0.2, 0.25) is 0 Å². The average molecular weight is 430 g/mol. The molecule has 1 aromatic rings. The summed E-state index contributed by atoms with van der Waals surface area (Å²) in [7, 11) is 0. The van der Waals surface area contributed by atoms with Crippen LogP contribution in [0.5, 0.6) is 0 Å². The minimum Gasteiger partial charge on any atom is -0.481 e. The van der Waals surface area contributed by atoms with Crippen molar-refractivity contribution in [2.75, 3.05) is 0 Å². The van der Waals surface area contributed by atoms with Gasteiger partial charge in [-0.05, 0) is 64.4 Å². The van der Waals surface area contributed by atoms with Crippen molar-refractivity contribution < 1.29 is 24.9 Å². The lowest BCUT2D eigenvalue weighted by Crippen LogP contribution is -2.61. The van der Waals surface area contributed by atoms with Crippen LogP contribution >= 0.6 is 0 Å². The molecule has 6 nitrogen and oxygen atoms in total. The summed E-state index contributed by atoms with van der Waals surface area (Å²) < 4.78 is 0. The number of aliphatic hydroxyl groups is 1. The van der Waals surface area contributed by atoms with Gasteiger partial charge in [-0.25, -0.2) is 0 Å². The normalized spacial score (nSPS) is 31.1. The van der Waals surface area contributed by atoms with Crippen LogP contribution in [-0.4, -0.2) is 49.3 Å². The molecule has 1 heterocycles. The van der Waals surface area contributed by atoms with Crippen LogP contribution in [0.4, 0.5) is 0 Å². The third-order valence-corrected chi connectivity index (χ3v) is 7.14. The lowest BCUT2D eigenvalue weighted by molar-refractivity contribution is -0.154. The highest BCUT2D eigenvalue weighted by Crippen LogP contribution is 2.48. The van der Waals surface area contributed by atoms with Crippen molar-refractivity contribution in [2.45, 2.75) is 70.7 Å². The summed E-state index contributed by atoms with van der Waals surface area (Å²) in [5, 5.41) is 27.8. The second-order valence-electron chi connectivity index (χ2n) is 10.4. The van der Waals surface area contributed by atoms with E-state index in [-0.39, 0.29) is 29.0 Å². The first-order valence-electron chi connectivity index (χ1n) is 11.1. The van der Waals surface area contributed by atoms with Gasteiger partial charge >= 0.3 is 11.9 Å². The molecule has 1 aliphatic heterocycles. The number of hydrogen-bond acceptors (Lipinski definition) is 4. The van der Waals surface area contributed by atoms with Crippen LogP contribution in [0.15, 0.2) is 42.5 Å². The van der Waals surface area contributed by atoms with Crippen LogP contribution in [0.1, 0.15) is 52.5 Å². The molecule has 1 saturated carbocycles. The number of allylic oxidation sites excluding steroid dienone is 2. The van der Waals surface area contributed by atoms with Gasteiger partial charge in [0.25, 0.3) is 0 Å². The molecule has 6 heteroatoms. The second kappa shape index (κ2) is 8.75. The van der Waals surface area contributed by atoms with E-state index in [4.69, 9.17) is 10.2 Å². The summed E-state index contributed by atoms with van der Waals surface area (Å²) in [6.45, 7) is 9.90. The maximum atomic E-state index is 10.8. The lowest BCUT2D eigenvalue weighted by Gasteiger charge is -2.54. The summed E-state index contributed by atoms with van der Waals surface area (Å²) in [5.41, 5.74) is 1.42. The molecule has 1 saturated heterocycles. The number of piperidine rings is 1. The van der Waals surface area contributed by atoms with Crippen molar-refractivity contribution in [1.29, 1.82) is 0 Å². The quantitative estimate of drug-likeness (QED) is 0.630. The monoisotopic (exact) mass is 429 g/mol. The zero-order chi connectivity index (χ0) is 23.0. The fourth-order valence-corrected chi connectivity index (χ4v) is 5.95. The van der Waals surface area contributed by atoms with Gasteiger partial charge in [0.15, 0.2) is 0 Å². The molecule has 2 bridgehead atoms. The zero-order valence-corrected chi connectivity index (χ0v) is 18.9. The molecule has 4 rings (SSSR count). The fourth-order valence-electron chi connectivity index (χ4n) is 5.95. The molecule has 0 amide bonds. The van der Waals surface area contributed by atoms with Crippen LogP contribution in [-0.2, 0) is 16.1 Å². The first-order chi connectivity index (χ1) is 14.4. The summed E-state index contributed by atoms with van der Waals surface area (Å²) in [5.74, 6) is -3.53. The minimum absolute atomic E-state index is 0.0387. The summed E-state index contributed by atoms with van der Waals surface area (Å²) in [6, 6.07) is 10.6. The maximum Gasteiger partial charge on any atom is 0.307 e. The number of benzene rings is 1. The predicted molar refractivity (Wildman–Crippen MR) is 118 cm³/mol. The molecule has 3 aliphatic rings. The minimum atomic E-state index is -0.982. The number of fused-ring (bicyclic) bond motifs is 2. The largest absolute Gasteiger partial charge is 0.481 e. The number of rotatable bonds is 4. The Labute approximate surface area is 184 Å². The Morgan fingerprint density at radius 2 is 1.35 bits per heavy atom. The van der Waals surface area contributed by atoms with Gasteiger partial charge < -0.3 is 15.3 Å². The average Bonchev–Trinajstić information content (AvgIpc) is 3.26. The van der Waals surface area contributed by atoms with Crippen LogP contribution in [0, 0.1) is 23.7 Å². The van der Waals surface area contributed by atoms with Gasteiger partial charge in [-0.2, -0.15) is 0 Å². The van der Waals surface area contributed by atoms with E-state index in [1.54, 1.807) is 0 Å². The Morgan fingerprint density at radius 3 is 1.77 bits per heavy atom. The molecular weight excluding hydrogens is 394 g/mol. The Hall–Kier alpha value is -2.18. The SMILES string of the molecule is CC1(C)CC(O)CC(C)(C)N1Cc1ccccc1.O=C(O)C1C2C=CC(C2)C1C(=O)O. The molecule has 4 atom stereocenters. The Balaban J connectivity index is 0.000000185. The summed E-state index contributed by atoms with van der Waals surface area (Å²) in [6.07, 6.45) is 5.88. The van der Waals surface area contributed by atoms with Crippen LogP contribution in [0.25, 0.3) is 0 Å². The molecule has 2 aliphatic carbocycles. The molecule has 2 fully saturated rings. The Kier molecular flexibility index (Phi) is 6.63. The second-order valence-corrected chi connectivity index (χ2v) is 10.4. The van der Waals surface area contributed by atoms with Gasteiger partial charge in [-0.3, -0.25) is 14.5 Å². The first-order valence-corrected chi connectivity index (χ1v) is 11.1. The lowest BCUT2D eigenvalue weighted by atomic mass is 9.78. The van der Waals surface area contributed by atoms with E-state index < -0.39 is 23.8 Å². The van der Waals surface area contributed by atoms with E-state index in [9.17, 15) is 14.7 Å². The number of nitrogens with zero attached hydrogens (tertiary/aromatic N) is 1. The maximum absolute atomic E-state index is 10.8. The van der Waals surface area contributed by atoms with E-state index in [1.807, 2.05) is 12.2 Å². The van der Waals surface area contributed by atoms with E-state index in [1.165, 1.54) is 5.56 Å². The molecule has 0 spiro atoms. The molecular formula is C25H35NO5. The topological polar surface area (TPSA) is 98.1 Å². The number of carboxylic acids is 2. The van der Waals surface area contributed by atoms with Gasteiger partial charge in [-0.1, -0.05) is 42.5 Å². The first kappa shape index (κ1) is 23.5. The molecule has 1 aromatic carbocycles. The number of carbonyl (C=O) groups is 2. The fraction of sp³-hybridized carbons (Fsp3) is 0.600. The number of hydrogen-bond donors (Lipinski definition) is 3. The van der Waals surface area contributed by atoms with E-state index in [2.05, 4.69) is 62.9 Å². The molecule has 3 N–H and O–H groups in total. The van der Waals surface area contributed by atoms with Crippen LogP contribution in [0.3, 0.4) is 0 Å². The van der Waals surface area contributed by atoms with Crippen molar-refractivity contribution in [3.05, 3.63) is 48.0 Å². The predicted octanol–water partition coefficient (Wildman–Crippen LogP) is 3.79. The number of likely N-dealkylation sites (tertiary alicyclic amines) is 1. The molecule has 4 unspecified atom stereocenters. The third-order valence-electron chi connectivity index (χ3n) is 7.14. The van der Waals surface area contributed by atoms with Crippen molar-refractivity contribution in [3.8, 4) is 0 Å². The Bertz CT molecular complexity index is 786. The highest BCUT2D eigenvalue weighted by atomic mass is 16.4. The van der Waals surface area contributed by atoms with Crippen molar-refractivity contribution in [1.82, 2.24) is 4.90 Å². The molecule has 31 heavy (non-hydrogen) atoms. The van der Waals surface area contributed by atoms with Crippen LogP contribution in [0.2, 0.25) is 0 Å². The standard InChI is InChI=1S/C16H25NO.C9H10O4/c1-15(2)10-14(18)11-16(3,4)17(15)12-13-8-6-5-7-9-13;10-8(11)6-4-1-2-5(3-4)7(6)9(12)13/h5-9,14,18H,10-12H2,1-4H3;1-2,4-7H,3H2,(H,10,11)(H,12,13). The van der Waals surface area contributed by atoms with Crippen molar-refractivity contribution in [3.63, 3.8) is 0 Å². The van der Waals surface area contributed by atoms with Crippen molar-refractivity contribution in [2.24, 2.45) is 23.7 Å². The molecule has 0 aromatic heterocycles. The van der Waals surface area contributed by atoms with E-state index in [0.29, 0.717) is 6.42 Å². The van der Waals surface area contributed by atoms with Gasteiger partial charge in [0.05, 0.1) is 17.9 Å². The molecule has 0 radical (unpaired) electrons. The smallest absolute Gasteiger partial charge is 0.307 e. The number of aliphatic hydroxyl groups excluding tert-OH is 1. The summed E-state index contributed by atoms with van der Waals surface area (Å²) >= 11 is 0. The van der Waals surface area contributed by atoms with E-state index in [0.717, 1.165) is 19.4 Å². The molecule has 170 valence electrons.